The van der Waals surface area contributed by atoms with Crippen LogP contribution in [0.1, 0.15) is 5.56 Å². The van der Waals surface area contributed by atoms with Crippen molar-refractivity contribution in [3.8, 4) is 0 Å². The number of nitrogens with two attached hydrogens (primary N) is 1. The van der Waals surface area contributed by atoms with Crippen molar-refractivity contribution in [2.24, 2.45) is 19.8 Å². The van der Waals surface area contributed by atoms with Crippen LogP contribution >= 0.6 is 11.3 Å². The lowest BCUT2D eigenvalue weighted by Crippen LogP contribution is -2.36. The Kier molecular flexibility index (Phi) is 2.62. The van der Waals surface area contributed by atoms with Crippen molar-refractivity contribution in [2.45, 2.75) is 6.42 Å². The Bertz CT molecular complexity index is 723. The van der Waals surface area contributed by atoms with Crippen LogP contribution in [0.4, 0.5) is 0 Å². The third kappa shape index (κ3) is 1.68. The zero-order valence-corrected chi connectivity index (χ0v) is 10.2. The summed E-state index contributed by atoms with van der Waals surface area (Å²) in [5.41, 5.74) is 4.93. The van der Waals surface area contributed by atoms with Gasteiger partial charge in [-0.1, -0.05) is 0 Å². The van der Waals surface area contributed by atoms with Crippen LogP contribution in [0.2, 0.25) is 0 Å². The summed E-state index contributed by atoms with van der Waals surface area (Å²) in [6.07, 6.45) is 0.00738. The van der Waals surface area contributed by atoms with E-state index in [0.29, 0.717) is 15.8 Å². The molecule has 0 fully saturated rings. The number of amides is 1. The van der Waals surface area contributed by atoms with Crippen LogP contribution < -0.4 is 17.0 Å². The fraction of sp³-hybridized carbons (Fsp3) is 0.300. The molecule has 1 amide bonds. The molecule has 0 saturated carbocycles. The van der Waals surface area contributed by atoms with Crippen molar-refractivity contribution < 1.29 is 4.79 Å². The smallest absolute Gasteiger partial charge is 0.331 e. The molecule has 2 heterocycles. The first kappa shape index (κ1) is 11.6. The Morgan fingerprint density at radius 3 is 2.59 bits per heavy atom. The summed E-state index contributed by atoms with van der Waals surface area (Å²) in [6, 6.07) is 0. The van der Waals surface area contributed by atoms with Crippen LogP contribution in [0.25, 0.3) is 10.2 Å². The predicted molar refractivity (Wildman–Crippen MR) is 65.2 cm³/mol. The first-order chi connectivity index (χ1) is 7.93. The van der Waals surface area contributed by atoms with Crippen molar-refractivity contribution in [3.63, 3.8) is 0 Å². The molecule has 90 valence electrons. The molecule has 0 bridgehead atoms. The van der Waals surface area contributed by atoms with Crippen molar-refractivity contribution in [3.05, 3.63) is 31.8 Å². The number of hydrogen-bond acceptors (Lipinski definition) is 4. The molecule has 0 radical (unpaired) electrons. The Balaban J connectivity index is 2.90. The fourth-order valence-electron chi connectivity index (χ4n) is 1.74. The lowest BCUT2D eigenvalue weighted by atomic mass is 10.2. The monoisotopic (exact) mass is 253 g/mol. The van der Waals surface area contributed by atoms with Gasteiger partial charge in [-0.25, -0.2) is 4.79 Å². The maximum Gasteiger partial charge on any atom is 0.331 e. The first-order valence-electron chi connectivity index (χ1n) is 4.88. The van der Waals surface area contributed by atoms with Gasteiger partial charge in [-0.3, -0.25) is 18.7 Å². The first-order valence-corrected chi connectivity index (χ1v) is 5.76. The molecule has 0 unspecified atom stereocenters. The summed E-state index contributed by atoms with van der Waals surface area (Å²) >= 11 is 1.26. The normalized spacial score (nSPS) is 10.9. The van der Waals surface area contributed by atoms with E-state index in [2.05, 4.69) is 0 Å². The third-order valence-corrected chi connectivity index (χ3v) is 3.71. The van der Waals surface area contributed by atoms with Gasteiger partial charge in [-0.15, -0.1) is 11.3 Å². The van der Waals surface area contributed by atoms with Crippen LogP contribution in [0.3, 0.4) is 0 Å². The molecule has 17 heavy (non-hydrogen) atoms. The molecule has 2 N–H and O–H groups in total. The van der Waals surface area contributed by atoms with Gasteiger partial charge in [-0.2, -0.15) is 0 Å². The quantitative estimate of drug-likeness (QED) is 0.769. The molecule has 2 aromatic rings. The summed E-state index contributed by atoms with van der Waals surface area (Å²) < 4.78 is 2.42. The van der Waals surface area contributed by atoms with E-state index in [4.69, 9.17) is 5.73 Å². The Hall–Kier alpha value is -1.89. The van der Waals surface area contributed by atoms with E-state index in [1.807, 2.05) is 0 Å². The highest BCUT2D eigenvalue weighted by Crippen LogP contribution is 2.21. The van der Waals surface area contributed by atoms with Crippen molar-refractivity contribution in [1.82, 2.24) is 9.13 Å². The van der Waals surface area contributed by atoms with E-state index < -0.39 is 5.91 Å². The van der Waals surface area contributed by atoms with Crippen LogP contribution in [0.5, 0.6) is 0 Å². The molecule has 6 nitrogen and oxygen atoms in total. The molecular formula is C10H11N3O3S. The number of thiophene rings is 1. The molecule has 2 rings (SSSR count). The highest BCUT2D eigenvalue weighted by molar-refractivity contribution is 7.17. The lowest BCUT2D eigenvalue weighted by Gasteiger charge is -2.03. The second-order valence-corrected chi connectivity index (χ2v) is 4.65. The summed E-state index contributed by atoms with van der Waals surface area (Å²) in [4.78, 5) is 35.1. The van der Waals surface area contributed by atoms with Gasteiger partial charge in [0.05, 0.1) is 11.8 Å². The number of hydrogen-bond donors (Lipinski definition) is 1. The Labute approximate surface area is 99.9 Å². The number of rotatable bonds is 2. The van der Waals surface area contributed by atoms with E-state index in [-0.39, 0.29) is 17.7 Å². The van der Waals surface area contributed by atoms with Crippen LogP contribution in [0.15, 0.2) is 15.0 Å². The number of carbonyl (C=O) groups excluding carboxylic acids is 1. The van der Waals surface area contributed by atoms with Gasteiger partial charge in [0.1, 0.15) is 4.83 Å². The van der Waals surface area contributed by atoms with Crippen LogP contribution in [0, 0.1) is 0 Å². The average molecular weight is 253 g/mol. The Morgan fingerprint density at radius 2 is 2.00 bits per heavy atom. The summed E-state index contributed by atoms with van der Waals surface area (Å²) in [5, 5.41) is 2.09. The van der Waals surface area contributed by atoms with Gasteiger partial charge < -0.3 is 5.73 Å². The molecule has 0 aliphatic carbocycles. The summed E-state index contributed by atoms with van der Waals surface area (Å²) in [5.74, 6) is -0.499. The molecule has 7 heteroatoms. The molecule has 2 aromatic heterocycles. The average Bonchev–Trinajstić information content (AvgIpc) is 2.66. The van der Waals surface area contributed by atoms with Crippen LogP contribution in [-0.4, -0.2) is 15.0 Å². The van der Waals surface area contributed by atoms with Gasteiger partial charge in [0.15, 0.2) is 0 Å². The van der Waals surface area contributed by atoms with E-state index in [9.17, 15) is 14.4 Å². The number of aryl methyl sites for hydroxylation is 1. The molecule has 0 atom stereocenters. The summed E-state index contributed by atoms with van der Waals surface area (Å²) in [7, 11) is 3.00. The molecule has 0 spiro atoms. The third-order valence-electron chi connectivity index (χ3n) is 2.61. The number of primary amides is 1. The fourth-order valence-corrected chi connectivity index (χ4v) is 2.77. The van der Waals surface area contributed by atoms with E-state index >= 15 is 0 Å². The summed E-state index contributed by atoms with van der Waals surface area (Å²) in [6.45, 7) is 0. The molecule has 0 aliphatic rings. The van der Waals surface area contributed by atoms with Crippen LogP contribution in [-0.2, 0) is 25.3 Å². The predicted octanol–water partition coefficient (Wildman–Crippen LogP) is -0.674. The maximum atomic E-state index is 12.0. The molecular weight excluding hydrogens is 242 g/mol. The minimum Gasteiger partial charge on any atom is -0.369 e. The number of carbonyl (C=O) groups is 1. The number of nitrogens with zero attached hydrogens (tertiary/aromatic N) is 2. The van der Waals surface area contributed by atoms with E-state index in [1.54, 1.807) is 12.4 Å². The highest BCUT2D eigenvalue weighted by Gasteiger charge is 2.15. The molecule has 0 aliphatic heterocycles. The van der Waals surface area contributed by atoms with Gasteiger partial charge in [-0.05, 0) is 10.9 Å². The van der Waals surface area contributed by atoms with Crippen molar-refractivity contribution >= 4 is 27.5 Å². The van der Waals surface area contributed by atoms with Crippen molar-refractivity contribution in [1.29, 1.82) is 0 Å². The second-order valence-electron chi connectivity index (χ2n) is 3.79. The molecule has 0 aromatic carbocycles. The molecule has 0 saturated heterocycles. The standard InChI is InChI=1S/C10H11N3O3S/c1-12-8(15)7-5(3-6(11)14)4-17-9(7)13(2)10(12)16/h4H,3H2,1-2H3,(H2,11,14). The highest BCUT2D eigenvalue weighted by atomic mass is 32.1. The SMILES string of the molecule is Cn1c(=O)c2c(CC(N)=O)csc2n(C)c1=O. The van der Waals surface area contributed by atoms with Gasteiger partial charge in [0, 0.05) is 14.1 Å². The zero-order chi connectivity index (χ0) is 12.7. The number of aromatic nitrogens is 2. The maximum absolute atomic E-state index is 12.0. The van der Waals surface area contributed by atoms with Gasteiger partial charge >= 0.3 is 5.69 Å². The van der Waals surface area contributed by atoms with E-state index in [0.717, 1.165) is 4.57 Å². The largest absolute Gasteiger partial charge is 0.369 e. The van der Waals surface area contributed by atoms with E-state index in [1.165, 1.54) is 23.0 Å². The minimum absolute atomic E-state index is 0.00738. The second kappa shape index (κ2) is 3.85. The minimum atomic E-state index is -0.499. The zero-order valence-electron chi connectivity index (χ0n) is 9.39. The van der Waals surface area contributed by atoms with Gasteiger partial charge in [0.2, 0.25) is 5.91 Å². The topological polar surface area (TPSA) is 87.1 Å². The van der Waals surface area contributed by atoms with Crippen molar-refractivity contribution in [2.75, 3.05) is 0 Å². The lowest BCUT2D eigenvalue weighted by molar-refractivity contribution is -0.117. The van der Waals surface area contributed by atoms with Gasteiger partial charge in [0.25, 0.3) is 5.56 Å². The number of fused-ring (bicyclic) bond motifs is 1. The Morgan fingerprint density at radius 1 is 1.35 bits per heavy atom.